The van der Waals surface area contributed by atoms with Gasteiger partial charge >= 0.3 is 5.97 Å². The van der Waals surface area contributed by atoms with Crippen molar-refractivity contribution in [3.63, 3.8) is 0 Å². The topological polar surface area (TPSA) is 29.5 Å². The van der Waals surface area contributed by atoms with Gasteiger partial charge in [-0.15, -0.1) is 0 Å². The van der Waals surface area contributed by atoms with Crippen LogP contribution in [0.25, 0.3) is 0 Å². The highest BCUT2D eigenvalue weighted by Crippen LogP contribution is 2.46. The molecular weight excluding hydrogens is 418 g/mol. The predicted octanol–water partition coefficient (Wildman–Crippen LogP) is 7.83. The Kier molecular flexibility index (Phi) is 8.72. The van der Waals surface area contributed by atoms with Crippen molar-refractivity contribution in [2.75, 3.05) is 0 Å². The van der Waals surface area contributed by atoms with Crippen LogP contribution in [0.15, 0.2) is 12.7 Å². The minimum atomic E-state index is -0.242. The van der Waals surface area contributed by atoms with Gasteiger partial charge in [-0.2, -0.15) is 0 Å². The summed E-state index contributed by atoms with van der Waals surface area (Å²) in [5, 5.41) is 0. The van der Waals surface area contributed by atoms with E-state index >= 15 is 0 Å². The van der Waals surface area contributed by atoms with Gasteiger partial charge in [-0.25, -0.2) is 4.79 Å². The molecule has 0 radical (unpaired) electrons. The third-order valence-electron chi connectivity index (χ3n) is 10.9. The van der Waals surface area contributed by atoms with Crippen LogP contribution >= 0.6 is 0 Å². The summed E-state index contributed by atoms with van der Waals surface area (Å²) in [5.41, 5.74) is 0. The second-order valence-electron chi connectivity index (χ2n) is 12.8. The first-order valence-corrected chi connectivity index (χ1v) is 15.3. The molecule has 3 nitrogen and oxygen atoms in total. The van der Waals surface area contributed by atoms with Crippen LogP contribution in [0.4, 0.5) is 0 Å². The molecule has 0 amide bonds. The smallest absolute Gasteiger partial charge is 0.330 e. The highest BCUT2D eigenvalue weighted by Gasteiger charge is 2.41. The fraction of sp³-hybridized carbons (Fsp3) is 0.903. The van der Waals surface area contributed by atoms with E-state index < -0.39 is 0 Å². The van der Waals surface area contributed by atoms with E-state index in [2.05, 4.69) is 11.5 Å². The molecule has 3 unspecified atom stereocenters. The largest absolute Gasteiger partial charge is 0.459 e. The number of ether oxygens (including phenoxy) is 1. The number of esters is 1. The fourth-order valence-corrected chi connectivity index (χ4v) is 9.15. The third-order valence-corrected chi connectivity index (χ3v) is 10.9. The van der Waals surface area contributed by atoms with Crippen LogP contribution in [0.3, 0.4) is 0 Å². The molecule has 0 N–H and O–H groups in total. The normalized spacial score (nSPS) is 39.9. The molecule has 0 heterocycles. The number of carbonyl (C=O) groups excluding carboxylic acids is 1. The van der Waals surface area contributed by atoms with Crippen molar-refractivity contribution in [3.05, 3.63) is 12.7 Å². The highest BCUT2D eigenvalue weighted by atomic mass is 16.5. The summed E-state index contributed by atoms with van der Waals surface area (Å²) >= 11 is 0. The van der Waals surface area contributed by atoms with Gasteiger partial charge < -0.3 is 4.74 Å². The monoisotopic (exact) mass is 469 g/mol. The lowest BCUT2D eigenvalue weighted by atomic mass is 9.68. The Bertz CT molecular complexity index is 654. The van der Waals surface area contributed by atoms with Gasteiger partial charge in [0.1, 0.15) is 6.10 Å². The molecule has 5 aliphatic carbocycles. The van der Waals surface area contributed by atoms with Gasteiger partial charge in [-0.05, 0) is 107 Å². The van der Waals surface area contributed by atoms with Crippen LogP contribution < -0.4 is 0 Å². The van der Waals surface area contributed by atoms with Crippen LogP contribution in [0.2, 0.25) is 0 Å². The minimum Gasteiger partial charge on any atom is -0.459 e. The molecule has 3 heteroatoms. The van der Waals surface area contributed by atoms with E-state index in [1.165, 1.54) is 122 Å². The average Bonchev–Trinajstić information content (AvgIpc) is 2.90. The van der Waals surface area contributed by atoms with Crippen molar-refractivity contribution in [1.82, 2.24) is 4.90 Å². The van der Waals surface area contributed by atoms with Crippen molar-refractivity contribution >= 4 is 5.97 Å². The molecule has 0 aliphatic heterocycles. The summed E-state index contributed by atoms with van der Waals surface area (Å²) in [6, 6.07) is 2.63. The fourth-order valence-electron chi connectivity index (χ4n) is 9.15. The van der Waals surface area contributed by atoms with Crippen molar-refractivity contribution in [3.8, 4) is 0 Å². The molecule has 5 saturated carbocycles. The Morgan fingerprint density at radius 2 is 1.09 bits per heavy atom. The molecule has 3 atom stereocenters. The van der Waals surface area contributed by atoms with Gasteiger partial charge in [0, 0.05) is 24.2 Å². The first-order valence-electron chi connectivity index (χ1n) is 15.3. The molecule has 5 aliphatic rings. The quantitative estimate of drug-likeness (QED) is 0.293. The molecule has 0 aromatic carbocycles. The van der Waals surface area contributed by atoms with Crippen LogP contribution in [0.5, 0.6) is 0 Å². The van der Waals surface area contributed by atoms with Crippen LogP contribution in [0, 0.1) is 23.7 Å². The number of nitrogens with zero attached hydrogens (tertiary/aromatic N) is 1. The molecule has 0 aromatic heterocycles. The van der Waals surface area contributed by atoms with Crippen molar-refractivity contribution in [2.24, 2.45) is 23.7 Å². The van der Waals surface area contributed by atoms with Gasteiger partial charge in [0.05, 0.1) is 0 Å². The van der Waals surface area contributed by atoms with E-state index in [1.807, 2.05) is 0 Å². The zero-order valence-corrected chi connectivity index (χ0v) is 21.8. The summed E-state index contributed by atoms with van der Waals surface area (Å²) < 4.78 is 5.53. The number of rotatable bonds is 6. The molecule has 5 rings (SSSR count). The Hall–Kier alpha value is -0.830. The SMILES string of the molecule is C=CC(=O)OC1CCC(C2CCC(N(C3CCCCC3)C3CCC4CCCCC4C3)CC2)CC1. The lowest BCUT2D eigenvalue weighted by Crippen LogP contribution is -2.53. The first-order chi connectivity index (χ1) is 16.7. The maximum Gasteiger partial charge on any atom is 0.330 e. The molecule has 0 bridgehead atoms. The van der Waals surface area contributed by atoms with E-state index in [0.717, 1.165) is 54.6 Å². The van der Waals surface area contributed by atoms with E-state index in [-0.39, 0.29) is 12.1 Å². The summed E-state index contributed by atoms with van der Waals surface area (Å²) in [6.07, 6.45) is 29.8. The lowest BCUT2D eigenvalue weighted by molar-refractivity contribution is -0.145. The maximum atomic E-state index is 11.6. The number of fused-ring (bicyclic) bond motifs is 1. The van der Waals surface area contributed by atoms with Crippen molar-refractivity contribution < 1.29 is 9.53 Å². The Labute approximate surface area is 209 Å². The van der Waals surface area contributed by atoms with Gasteiger partial charge in [0.2, 0.25) is 0 Å². The molecule has 0 saturated heterocycles. The van der Waals surface area contributed by atoms with Crippen LogP contribution in [0.1, 0.15) is 128 Å². The van der Waals surface area contributed by atoms with Crippen LogP contribution in [-0.2, 0) is 9.53 Å². The van der Waals surface area contributed by atoms with Gasteiger partial charge in [0.15, 0.2) is 0 Å². The summed E-state index contributed by atoms with van der Waals surface area (Å²) in [5.74, 6) is 3.64. The Morgan fingerprint density at radius 3 is 1.74 bits per heavy atom. The average molecular weight is 470 g/mol. The zero-order chi connectivity index (χ0) is 23.3. The number of hydrogen-bond acceptors (Lipinski definition) is 3. The second kappa shape index (κ2) is 11.9. The van der Waals surface area contributed by atoms with Crippen molar-refractivity contribution in [1.29, 1.82) is 0 Å². The molecule has 0 aromatic rings. The molecule has 5 fully saturated rings. The summed E-state index contributed by atoms with van der Waals surface area (Å²) in [6.45, 7) is 3.54. The molecule has 0 spiro atoms. The predicted molar refractivity (Wildman–Crippen MR) is 140 cm³/mol. The Balaban J connectivity index is 1.16. The van der Waals surface area contributed by atoms with Crippen LogP contribution in [-0.4, -0.2) is 35.1 Å². The van der Waals surface area contributed by atoms with E-state index in [4.69, 9.17) is 4.74 Å². The summed E-state index contributed by atoms with van der Waals surface area (Å²) in [4.78, 5) is 14.7. The highest BCUT2D eigenvalue weighted by molar-refractivity contribution is 5.81. The van der Waals surface area contributed by atoms with E-state index in [9.17, 15) is 4.79 Å². The molecule has 192 valence electrons. The number of hydrogen-bond donors (Lipinski definition) is 0. The van der Waals surface area contributed by atoms with Gasteiger partial charge in [-0.3, -0.25) is 4.90 Å². The lowest BCUT2D eigenvalue weighted by Gasteiger charge is -2.51. The van der Waals surface area contributed by atoms with Crippen molar-refractivity contribution in [2.45, 2.75) is 153 Å². The third kappa shape index (κ3) is 5.93. The minimum absolute atomic E-state index is 0.134. The second-order valence-corrected chi connectivity index (χ2v) is 12.8. The van der Waals surface area contributed by atoms with Gasteiger partial charge in [0.25, 0.3) is 0 Å². The summed E-state index contributed by atoms with van der Waals surface area (Å²) in [7, 11) is 0. The van der Waals surface area contributed by atoms with E-state index in [0.29, 0.717) is 0 Å². The van der Waals surface area contributed by atoms with E-state index in [1.54, 1.807) is 0 Å². The molecule has 34 heavy (non-hydrogen) atoms. The van der Waals surface area contributed by atoms with Gasteiger partial charge in [-0.1, -0.05) is 51.5 Å². The standard InChI is InChI=1S/C31H51NO2/c1-2-31(33)34-30-20-15-25(16-21-30)24-12-17-28(18-13-24)32(27-10-4-3-5-11-27)29-19-14-23-8-6-7-9-26(23)22-29/h2,23-30H,1,3-22H2. The Morgan fingerprint density at radius 1 is 0.588 bits per heavy atom. The number of carbonyl (C=O) groups is 1. The zero-order valence-electron chi connectivity index (χ0n) is 21.8. The molecular formula is C31H51NO2. The first kappa shape index (κ1) is 24.8. The maximum absolute atomic E-state index is 11.6.